The minimum Gasteiger partial charge on any atom is -0.344 e. The average molecular weight is 406 g/mol. The van der Waals surface area contributed by atoms with Crippen molar-refractivity contribution in [2.45, 2.75) is 37.5 Å². The number of carbonyl (C=O) groups is 1. The number of alkyl halides is 3. The molecule has 8 heteroatoms. The summed E-state index contributed by atoms with van der Waals surface area (Å²) in [5, 5.41) is 7.43. The SMILES string of the molecule is C[C@@H]1CNC[C@](N[C@H]2CCN(C)C2=O)(c2ccc(C(F)(F)F)c3ncccc23)C1. The number of carbonyl (C=O) groups excluding carboxylic acids is 1. The van der Waals surface area contributed by atoms with Gasteiger partial charge in [0.15, 0.2) is 0 Å². The number of benzene rings is 1. The highest BCUT2D eigenvalue weighted by molar-refractivity contribution is 5.87. The van der Waals surface area contributed by atoms with Crippen molar-refractivity contribution in [2.24, 2.45) is 5.92 Å². The van der Waals surface area contributed by atoms with E-state index in [9.17, 15) is 18.0 Å². The molecule has 4 rings (SSSR count). The zero-order valence-corrected chi connectivity index (χ0v) is 16.5. The molecular formula is C21H25F3N4O. The molecule has 2 aromatic rings. The number of pyridine rings is 1. The van der Waals surface area contributed by atoms with Crippen molar-refractivity contribution in [3.05, 3.63) is 41.6 Å². The third-order valence-corrected chi connectivity index (χ3v) is 6.09. The van der Waals surface area contributed by atoms with Crippen LogP contribution < -0.4 is 10.6 Å². The van der Waals surface area contributed by atoms with Gasteiger partial charge in [0.2, 0.25) is 5.91 Å². The summed E-state index contributed by atoms with van der Waals surface area (Å²) in [6.07, 6.45) is -1.68. The second-order valence-corrected chi connectivity index (χ2v) is 8.33. The van der Waals surface area contributed by atoms with Crippen LogP contribution in [0.15, 0.2) is 30.5 Å². The number of amides is 1. The molecule has 1 aromatic heterocycles. The molecule has 3 atom stereocenters. The molecule has 0 spiro atoms. The maximum Gasteiger partial charge on any atom is 0.418 e. The minimum absolute atomic E-state index is 0.0249. The van der Waals surface area contributed by atoms with Crippen LogP contribution in [0, 0.1) is 5.92 Å². The number of nitrogens with one attached hydrogen (secondary N) is 2. The molecule has 1 amide bonds. The molecule has 156 valence electrons. The van der Waals surface area contributed by atoms with E-state index in [-0.39, 0.29) is 17.5 Å². The number of halogens is 3. The zero-order chi connectivity index (χ0) is 20.8. The molecule has 2 aliphatic rings. The first-order valence-corrected chi connectivity index (χ1v) is 9.90. The Labute approximate surface area is 167 Å². The predicted octanol–water partition coefficient (Wildman–Crippen LogP) is 2.90. The van der Waals surface area contributed by atoms with Crippen LogP contribution in [0.3, 0.4) is 0 Å². The zero-order valence-electron chi connectivity index (χ0n) is 16.5. The van der Waals surface area contributed by atoms with Crippen LogP contribution in [-0.4, -0.2) is 48.5 Å². The van der Waals surface area contributed by atoms with Gasteiger partial charge in [-0.3, -0.25) is 15.1 Å². The highest BCUT2D eigenvalue weighted by atomic mass is 19.4. The fourth-order valence-corrected chi connectivity index (χ4v) is 4.77. The molecule has 0 saturated carbocycles. The third-order valence-electron chi connectivity index (χ3n) is 6.09. The lowest BCUT2D eigenvalue weighted by molar-refractivity contribution is -0.136. The van der Waals surface area contributed by atoms with Gasteiger partial charge in [0.05, 0.1) is 22.7 Å². The van der Waals surface area contributed by atoms with Crippen molar-refractivity contribution in [3.63, 3.8) is 0 Å². The summed E-state index contributed by atoms with van der Waals surface area (Å²) >= 11 is 0. The van der Waals surface area contributed by atoms with Gasteiger partial charge < -0.3 is 10.2 Å². The highest BCUT2D eigenvalue weighted by Gasteiger charge is 2.43. The molecule has 0 bridgehead atoms. The van der Waals surface area contributed by atoms with Gasteiger partial charge in [0.25, 0.3) is 0 Å². The van der Waals surface area contributed by atoms with E-state index in [1.54, 1.807) is 30.1 Å². The fourth-order valence-electron chi connectivity index (χ4n) is 4.77. The number of piperidine rings is 1. The molecule has 0 unspecified atom stereocenters. The van der Waals surface area contributed by atoms with Crippen molar-refractivity contribution < 1.29 is 18.0 Å². The Morgan fingerprint density at radius 3 is 2.76 bits per heavy atom. The molecule has 0 radical (unpaired) electrons. The Balaban J connectivity index is 1.85. The van der Waals surface area contributed by atoms with E-state index in [0.29, 0.717) is 30.8 Å². The Hall–Kier alpha value is -2.19. The Kier molecular flexibility index (Phi) is 5.02. The van der Waals surface area contributed by atoms with Crippen LogP contribution >= 0.6 is 0 Å². The van der Waals surface area contributed by atoms with Crippen molar-refractivity contribution in [1.29, 1.82) is 0 Å². The Bertz CT molecular complexity index is 932. The molecule has 2 saturated heterocycles. The second-order valence-electron chi connectivity index (χ2n) is 8.33. The summed E-state index contributed by atoms with van der Waals surface area (Å²) in [4.78, 5) is 18.3. The van der Waals surface area contributed by atoms with E-state index in [0.717, 1.165) is 24.6 Å². The van der Waals surface area contributed by atoms with Crippen molar-refractivity contribution >= 4 is 16.8 Å². The fraction of sp³-hybridized carbons (Fsp3) is 0.524. The lowest BCUT2D eigenvalue weighted by Gasteiger charge is -2.44. The molecule has 29 heavy (non-hydrogen) atoms. The number of rotatable bonds is 3. The lowest BCUT2D eigenvalue weighted by Crippen LogP contribution is -2.59. The number of fused-ring (bicyclic) bond motifs is 1. The van der Waals surface area contributed by atoms with Gasteiger partial charge in [-0.05, 0) is 43.0 Å². The number of likely N-dealkylation sites (tertiary alicyclic amines) is 1. The quantitative estimate of drug-likeness (QED) is 0.823. The van der Waals surface area contributed by atoms with Crippen LogP contribution in [0.2, 0.25) is 0 Å². The first-order chi connectivity index (χ1) is 13.7. The Morgan fingerprint density at radius 1 is 1.31 bits per heavy atom. The van der Waals surface area contributed by atoms with Crippen LogP contribution in [0.25, 0.3) is 10.9 Å². The maximum absolute atomic E-state index is 13.6. The van der Waals surface area contributed by atoms with E-state index < -0.39 is 17.3 Å². The number of aromatic nitrogens is 1. The molecule has 1 aromatic carbocycles. The van der Waals surface area contributed by atoms with E-state index >= 15 is 0 Å². The lowest BCUT2D eigenvalue weighted by atomic mass is 9.76. The molecule has 2 fully saturated rings. The van der Waals surface area contributed by atoms with Crippen molar-refractivity contribution in [3.8, 4) is 0 Å². The van der Waals surface area contributed by atoms with Crippen molar-refractivity contribution in [1.82, 2.24) is 20.5 Å². The normalized spacial score (nSPS) is 28.3. The monoisotopic (exact) mass is 406 g/mol. The van der Waals surface area contributed by atoms with Gasteiger partial charge in [-0.25, -0.2) is 0 Å². The first-order valence-electron chi connectivity index (χ1n) is 9.90. The molecule has 5 nitrogen and oxygen atoms in total. The summed E-state index contributed by atoms with van der Waals surface area (Å²) in [5.41, 5.74) is -0.670. The maximum atomic E-state index is 13.6. The number of hydrogen-bond acceptors (Lipinski definition) is 4. The topological polar surface area (TPSA) is 57.3 Å². The van der Waals surface area contributed by atoms with E-state index in [1.807, 2.05) is 0 Å². The molecule has 3 heterocycles. The number of likely N-dealkylation sites (N-methyl/N-ethyl adjacent to an activating group) is 1. The minimum atomic E-state index is -4.48. The average Bonchev–Trinajstić information content (AvgIpc) is 2.98. The molecule has 2 aliphatic heterocycles. The summed E-state index contributed by atoms with van der Waals surface area (Å²) in [7, 11) is 1.77. The standard InChI is InChI=1S/C21H25F3N4O/c1-13-10-20(12-25-11-13,27-17-7-9-28(2)19(17)29)15-5-6-16(21(22,23)24)18-14(15)4-3-8-26-18/h3-6,8,13,17,25,27H,7,9-12H2,1-2H3/t13-,17-,20-/m0/s1. The summed E-state index contributed by atoms with van der Waals surface area (Å²) in [6, 6.07) is 5.69. The smallest absolute Gasteiger partial charge is 0.344 e. The van der Waals surface area contributed by atoms with Gasteiger partial charge in [0, 0.05) is 31.7 Å². The van der Waals surface area contributed by atoms with E-state index in [2.05, 4.69) is 22.5 Å². The molecular weight excluding hydrogens is 381 g/mol. The molecule has 0 aliphatic carbocycles. The largest absolute Gasteiger partial charge is 0.418 e. The molecule has 2 N–H and O–H groups in total. The Morgan fingerprint density at radius 2 is 2.10 bits per heavy atom. The second kappa shape index (κ2) is 7.25. The summed E-state index contributed by atoms with van der Waals surface area (Å²) < 4.78 is 40.7. The predicted molar refractivity (Wildman–Crippen MR) is 104 cm³/mol. The van der Waals surface area contributed by atoms with Crippen molar-refractivity contribution in [2.75, 3.05) is 26.7 Å². The van der Waals surface area contributed by atoms with E-state index in [4.69, 9.17) is 0 Å². The summed E-state index contributed by atoms with van der Waals surface area (Å²) in [6.45, 7) is 4.15. The van der Waals surface area contributed by atoms with Crippen LogP contribution in [-0.2, 0) is 16.5 Å². The number of nitrogens with zero attached hydrogens (tertiary/aromatic N) is 2. The third kappa shape index (κ3) is 3.59. The van der Waals surface area contributed by atoms with Gasteiger partial charge in [0.1, 0.15) is 0 Å². The van der Waals surface area contributed by atoms with Gasteiger partial charge >= 0.3 is 6.18 Å². The van der Waals surface area contributed by atoms with Gasteiger partial charge in [-0.2, -0.15) is 13.2 Å². The highest BCUT2D eigenvalue weighted by Crippen LogP contribution is 2.40. The summed E-state index contributed by atoms with van der Waals surface area (Å²) in [5.74, 6) is 0.330. The van der Waals surface area contributed by atoms with Crippen LogP contribution in [0.5, 0.6) is 0 Å². The van der Waals surface area contributed by atoms with Gasteiger partial charge in [-0.15, -0.1) is 0 Å². The van der Waals surface area contributed by atoms with Gasteiger partial charge in [-0.1, -0.05) is 19.1 Å². The number of hydrogen-bond donors (Lipinski definition) is 2. The van der Waals surface area contributed by atoms with Crippen LogP contribution in [0.4, 0.5) is 13.2 Å². The van der Waals surface area contributed by atoms with Crippen LogP contribution in [0.1, 0.15) is 30.9 Å². The first kappa shape index (κ1) is 20.1. The van der Waals surface area contributed by atoms with E-state index in [1.165, 1.54) is 6.20 Å².